The molecule has 2 aromatic carbocycles. The number of hydrogen-bond donors (Lipinski definition) is 0. The van der Waals surface area contributed by atoms with E-state index in [2.05, 4.69) is 31.2 Å². The van der Waals surface area contributed by atoms with E-state index in [1.54, 1.807) is 0 Å². The third-order valence-corrected chi connectivity index (χ3v) is 3.26. The molecule has 1 atom stereocenters. The average molecular weight is 208 g/mol. The number of fused-ring (bicyclic) bond motifs is 3. The van der Waals surface area contributed by atoms with Crippen molar-refractivity contribution in [1.29, 1.82) is 0 Å². The monoisotopic (exact) mass is 208 g/mol. The minimum atomic E-state index is -0.0777. The van der Waals surface area contributed by atoms with Crippen LogP contribution in [-0.2, 0) is 4.79 Å². The van der Waals surface area contributed by atoms with Gasteiger partial charge in [0.25, 0.3) is 0 Å². The Labute approximate surface area is 94.7 Å². The SMILES string of the molecule is Cc1ccc2c(c1)C(C=O)c1ccccc1-2. The molecule has 0 heterocycles. The number of benzene rings is 2. The van der Waals surface area contributed by atoms with Gasteiger partial charge in [-0.2, -0.15) is 0 Å². The van der Waals surface area contributed by atoms with Crippen molar-refractivity contribution < 1.29 is 4.79 Å². The summed E-state index contributed by atoms with van der Waals surface area (Å²) in [6.07, 6.45) is 1.05. The maximum absolute atomic E-state index is 11.2. The predicted octanol–water partition coefficient (Wildman–Crippen LogP) is 3.31. The topological polar surface area (TPSA) is 17.1 Å². The van der Waals surface area contributed by atoms with Crippen LogP contribution in [0.1, 0.15) is 22.6 Å². The van der Waals surface area contributed by atoms with Crippen molar-refractivity contribution in [1.82, 2.24) is 0 Å². The second kappa shape index (κ2) is 3.31. The second-order valence-corrected chi connectivity index (χ2v) is 4.29. The summed E-state index contributed by atoms with van der Waals surface area (Å²) in [4.78, 5) is 11.2. The lowest BCUT2D eigenvalue weighted by Crippen LogP contribution is -1.97. The molecule has 0 radical (unpaired) electrons. The van der Waals surface area contributed by atoms with E-state index in [0.29, 0.717) is 0 Å². The summed E-state index contributed by atoms with van der Waals surface area (Å²) in [5.74, 6) is -0.0777. The van der Waals surface area contributed by atoms with E-state index < -0.39 is 0 Å². The van der Waals surface area contributed by atoms with Crippen molar-refractivity contribution in [3.63, 3.8) is 0 Å². The van der Waals surface area contributed by atoms with Crippen LogP contribution in [0.2, 0.25) is 0 Å². The largest absolute Gasteiger partial charge is 0.302 e. The molecule has 0 saturated carbocycles. The Hall–Kier alpha value is -1.89. The summed E-state index contributed by atoms with van der Waals surface area (Å²) in [6, 6.07) is 14.5. The van der Waals surface area contributed by atoms with Crippen LogP contribution in [0.25, 0.3) is 11.1 Å². The van der Waals surface area contributed by atoms with E-state index in [0.717, 1.165) is 17.4 Å². The highest BCUT2D eigenvalue weighted by molar-refractivity contribution is 5.87. The molecule has 0 spiro atoms. The Kier molecular flexibility index (Phi) is 1.93. The molecule has 1 nitrogen and oxygen atoms in total. The first kappa shape index (κ1) is 9.34. The van der Waals surface area contributed by atoms with Gasteiger partial charge >= 0.3 is 0 Å². The van der Waals surface area contributed by atoms with Gasteiger partial charge in [-0.25, -0.2) is 0 Å². The summed E-state index contributed by atoms with van der Waals surface area (Å²) >= 11 is 0. The molecule has 16 heavy (non-hydrogen) atoms. The highest BCUT2D eigenvalue weighted by atomic mass is 16.1. The van der Waals surface area contributed by atoms with Crippen LogP contribution >= 0.6 is 0 Å². The molecule has 1 unspecified atom stereocenters. The van der Waals surface area contributed by atoms with E-state index in [-0.39, 0.29) is 5.92 Å². The van der Waals surface area contributed by atoms with Gasteiger partial charge in [-0.05, 0) is 29.2 Å². The van der Waals surface area contributed by atoms with Crippen LogP contribution in [0.4, 0.5) is 0 Å². The molecular weight excluding hydrogens is 196 g/mol. The molecule has 0 bridgehead atoms. The van der Waals surface area contributed by atoms with E-state index in [1.165, 1.54) is 16.7 Å². The van der Waals surface area contributed by atoms with Crippen LogP contribution in [-0.4, -0.2) is 6.29 Å². The molecule has 78 valence electrons. The summed E-state index contributed by atoms with van der Waals surface area (Å²) in [5, 5.41) is 0. The molecule has 0 saturated heterocycles. The lowest BCUT2D eigenvalue weighted by atomic mass is 9.98. The minimum absolute atomic E-state index is 0.0777. The number of aryl methyl sites for hydroxylation is 1. The van der Waals surface area contributed by atoms with Crippen molar-refractivity contribution in [3.8, 4) is 11.1 Å². The van der Waals surface area contributed by atoms with Crippen LogP contribution in [0.15, 0.2) is 42.5 Å². The zero-order chi connectivity index (χ0) is 11.1. The van der Waals surface area contributed by atoms with Crippen molar-refractivity contribution in [2.75, 3.05) is 0 Å². The molecule has 2 aromatic rings. The fourth-order valence-electron chi connectivity index (χ4n) is 2.51. The van der Waals surface area contributed by atoms with Crippen molar-refractivity contribution in [3.05, 3.63) is 59.2 Å². The van der Waals surface area contributed by atoms with Gasteiger partial charge in [0.2, 0.25) is 0 Å². The van der Waals surface area contributed by atoms with Crippen LogP contribution < -0.4 is 0 Å². The molecule has 0 aliphatic heterocycles. The van der Waals surface area contributed by atoms with Crippen LogP contribution in [0, 0.1) is 6.92 Å². The Balaban J connectivity index is 2.34. The fraction of sp³-hybridized carbons (Fsp3) is 0.133. The summed E-state index contributed by atoms with van der Waals surface area (Å²) in [5.41, 5.74) is 5.90. The number of carbonyl (C=O) groups excluding carboxylic acids is 1. The van der Waals surface area contributed by atoms with Crippen LogP contribution in [0.5, 0.6) is 0 Å². The quantitative estimate of drug-likeness (QED) is 0.657. The maximum atomic E-state index is 11.2. The Morgan fingerprint density at radius 3 is 2.56 bits per heavy atom. The highest BCUT2D eigenvalue weighted by Crippen LogP contribution is 2.43. The maximum Gasteiger partial charge on any atom is 0.131 e. The first-order chi connectivity index (χ1) is 7.81. The summed E-state index contributed by atoms with van der Waals surface area (Å²) in [6.45, 7) is 2.06. The second-order valence-electron chi connectivity index (χ2n) is 4.29. The van der Waals surface area contributed by atoms with E-state index in [1.807, 2.05) is 18.2 Å². The lowest BCUT2D eigenvalue weighted by Gasteiger charge is -2.05. The highest BCUT2D eigenvalue weighted by Gasteiger charge is 2.27. The van der Waals surface area contributed by atoms with E-state index >= 15 is 0 Å². The zero-order valence-corrected chi connectivity index (χ0v) is 9.10. The van der Waals surface area contributed by atoms with Gasteiger partial charge in [0.05, 0.1) is 5.92 Å². The number of hydrogen-bond acceptors (Lipinski definition) is 1. The van der Waals surface area contributed by atoms with Gasteiger partial charge in [-0.15, -0.1) is 0 Å². The van der Waals surface area contributed by atoms with Crippen molar-refractivity contribution >= 4 is 6.29 Å². The van der Waals surface area contributed by atoms with Gasteiger partial charge in [-0.3, -0.25) is 0 Å². The van der Waals surface area contributed by atoms with Gasteiger partial charge in [0.1, 0.15) is 6.29 Å². The Morgan fingerprint density at radius 1 is 1.00 bits per heavy atom. The fourth-order valence-corrected chi connectivity index (χ4v) is 2.51. The van der Waals surface area contributed by atoms with E-state index in [4.69, 9.17) is 0 Å². The first-order valence-electron chi connectivity index (χ1n) is 5.46. The van der Waals surface area contributed by atoms with Gasteiger partial charge < -0.3 is 4.79 Å². The van der Waals surface area contributed by atoms with Gasteiger partial charge in [-0.1, -0.05) is 48.0 Å². The minimum Gasteiger partial charge on any atom is -0.302 e. The molecule has 1 aliphatic rings. The lowest BCUT2D eigenvalue weighted by molar-refractivity contribution is -0.108. The standard InChI is InChI=1S/C15H12O/c1-10-6-7-13-11-4-2-3-5-12(11)15(9-16)14(13)8-10/h2-9,15H,1H3. The Morgan fingerprint density at radius 2 is 1.75 bits per heavy atom. The number of rotatable bonds is 1. The van der Waals surface area contributed by atoms with E-state index in [9.17, 15) is 4.79 Å². The number of carbonyl (C=O) groups is 1. The molecule has 0 aromatic heterocycles. The molecule has 1 aliphatic carbocycles. The molecular formula is C15H12O. The van der Waals surface area contributed by atoms with Crippen molar-refractivity contribution in [2.45, 2.75) is 12.8 Å². The smallest absolute Gasteiger partial charge is 0.131 e. The molecule has 1 heteroatoms. The van der Waals surface area contributed by atoms with Crippen molar-refractivity contribution in [2.24, 2.45) is 0 Å². The van der Waals surface area contributed by atoms with Gasteiger partial charge in [0.15, 0.2) is 0 Å². The first-order valence-corrected chi connectivity index (χ1v) is 5.46. The van der Waals surface area contributed by atoms with Gasteiger partial charge in [0, 0.05) is 0 Å². The number of aldehydes is 1. The molecule has 0 amide bonds. The average Bonchev–Trinajstić information content (AvgIpc) is 2.61. The van der Waals surface area contributed by atoms with Crippen LogP contribution in [0.3, 0.4) is 0 Å². The third-order valence-electron chi connectivity index (χ3n) is 3.26. The molecule has 0 fully saturated rings. The molecule has 0 N–H and O–H groups in total. The summed E-state index contributed by atoms with van der Waals surface area (Å²) in [7, 11) is 0. The molecule has 3 rings (SSSR count). The zero-order valence-electron chi connectivity index (χ0n) is 9.10. The summed E-state index contributed by atoms with van der Waals surface area (Å²) < 4.78 is 0. The third kappa shape index (κ3) is 1.15. The normalized spacial score (nSPS) is 16.7. The predicted molar refractivity (Wildman–Crippen MR) is 64.5 cm³/mol. The Bertz CT molecular complexity index is 569.